The third-order valence-corrected chi connectivity index (χ3v) is 0. The Kier molecular flexibility index (Phi) is 22.0. The van der Waals surface area contributed by atoms with E-state index in [4.69, 9.17) is 77.0 Å². The molecular formula is H8O16P4Sn. The second kappa shape index (κ2) is 13.7. The molecule has 0 aliphatic carbocycles. The minimum absolute atomic E-state index is 0. The summed E-state index contributed by atoms with van der Waals surface area (Å²) >= 11 is 0. The molecule has 0 amide bonds. The molecule has 0 saturated carbocycles. The first kappa shape index (κ1) is 33.8. The first-order valence-corrected chi connectivity index (χ1v) is 9.18. The van der Waals surface area contributed by atoms with Crippen LogP contribution in [0.25, 0.3) is 0 Å². The van der Waals surface area contributed by atoms with E-state index in [9.17, 15) is 0 Å². The van der Waals surface area contributed by atoms with Gasteiger partial charge >= 0.3 is 23.9 Å². The first-order valence-electron chi connectivity index (χ1n) is 3.06. The monoisotopic (exact) mass is 508 g/mol. The van der Waals surface area contributed by atoms with Crippen molar-refractivity contribution in [1.82, 2.24) is 0 Å². The van der Waals surface area contributed by atoms with E-state index in [1.807, 2.05) is 0 Å². The van der Waals surface area contributed by atoms with Crippen molar-refractivity contribution >= 4 is 55.2 Å². The van der Waals surface area contributed by atoms with E-state index in [1.54, 1.807) is 0 Å². The van der Waals surface area contributed by atoms with Gasteiger partial charge in [0.05, 0.1) is 0 Å². The molecule has 8 N–H and O–H groups in total. The van der Waals surface area contributed by atoms with Crippen molar-refractivity contribution in [3.63, 3.8) is 0 Å². The van der Waals surface area contributed by atoms with Gasteiger partial charge in [0.15, 0.2) is 0 Å². The Bertz CT molecular complexity index is 285. The van der Waals surface area contributed by atoms with Gasteiger partial charge in [0.25, 0.3) is 31.3 Å². The zero-order chi connectivity index (χ0) is 18.0. The van der Waals surface area contributed by atoms with Crippen LogP contribution in [0.2, 0.25) is 0 Å². The minimum Gasteiger partial charge on any atom is -0.756 e. The van der Waals surface area contributed by atoms with Crippen LogP contribution in [0.15, 0.2) is 0 Å². The molecule has 0 bridgehead atoms. The molecule has 128 valence electrons. The van der Waals surface area contributed by atoms with Gasteiger partial charge in [-0.2, -0.15) is 0 Å². The molecule has 0 aromatic carbocycles. The summed E-state index contributed by atoms with van der Waals surface area (Å²) in [5, 5.41) is 0. The maximum absolute atomic E-state index is 8.77. The van der Waals surface area contributed by atoms with Gasteiger partial charge in [-0.05, 0) is 0 Å². The van der Waals surface area contributed by atoms with Crippen LogP contribution < -0.4 is 19.6 Å². The number of phosphoric acid groups is 4. The smallest absolute Gasteiger partial charge is 0.756 e. The number of rotatable bonds is 0. The summed E-state index contributed by atoms with van der Waals surface area (Å²) in [5.41, 5.74) is 0. The molecule has 0 fully saturated rings. The fourth-order valence-corrected chi connectivity index (χ4v) is 0. The number of hydrogen-bond acceptors (Lipinski definition) is 8. The Labute approximate surface area is 132 Å². The Morgan fingerprint density at radius 1 is 0.429 bits per heavy atom. The van der Waals surface area contributed by atoms with E-state index < -0.39 is 31.3 Å². The molecule has 0 spiro atoms. The molecule has 0 saturated heterocycles. The summed E-state index contributed by atoms with van der Waals surface area (Å²) in [6, 6.07) is 0. The number of hydrogen-bond donors (Lipinski definition) is 8. The Hall–Kier alpha value is 1.24. The van der Waals surface area contributed by atoms with Gasteiger partial charge in [0, 0.05) is 0 Å². The fourth-order valence-electron chi connectivity index (χ4n) is 0. The topological polar surface area (TPSA) is 322 Å². The molecule has 0 atom stereocenters. The summed E-state index contributed by atoms with van der Waals surface area (Å²) in [6.07, 6.45) is 0. The van der Waals surface area contributed by atoms with Crippen LogP contribution in [0.5, 0.6) is 0 Å². The molecule has 21 heavy (non-hydrogen) atoms. The molecule has 0 heterocycles. The van der Waals surface area contributed by atoms with Crippen molar-refractivity contribution in [1.29, 1.82) is 0 Å². The second-order valence-corrected chi connectivity index (χ2v) is 5.89. The largest absolute Gasteiger partial charge is 4.00 e. The summed E-state index contributed by atoms with van der Waals surface area (Å²) in [7, 11) is -19.6. The predicted molar refractivity (Wildman–Crippen MR) is 53.9 cm³/mol. The molecule has 0 aliphatic heterocycles. The van der Waals surface area contributed by atoms with Gasteiger partial charge in [-0.15, -0.1) is 0 Å². The van der Waals surface area contributed by atoms with Crippen LogP contribution in [0, 0.1) is 0 Å². The molecule has 0 unspecified atom stereocenters. The van der Waals surface area contributed by atoms with Crippen LogP contribution in [-0.2, 0) is 18.3 Å². The van der Waals surface area contributed by atoms with Gasteiger partial charge in [0.2, 0.25) is 0 Å². The quantitative estimate of drug-likeness (QED) is 0.112. The zero-order valence-electron chi connectivity index (χ0n) is 9.13. The first-order chi connectivity index (χ1) is 8.00. The summed E-state index contributed by atoms with van der Waals surface area (Å²) < 4.78 is 35.1. The molecule has 0 aromatic heterocycles. The van der Waals surface area contributed by atoms with E-state index in [1.165, 1.54) is 0 Å². The SMILES string of the molecule is O=P([O-])(O)O.O=P([O-])(O)O.O=P([O-])(O)O.O=P([O-])(O)O.[Sn+4]. The molecule has 21 heteroatoms. The Morgan fingerprint density at radius 3 is 0.429 bits per heavy atom. The van der Waals surface area contributed by atoms with Crippen molar-refractivity contribution in [2.45, 2.75) is 0 Å². The Morgan fingerprint density at radius 2 is 0.429 bits per heavy atom. The van der Waals surface area contributed by atoms with E-state index in [0.29, 0.717) is 0 Å². The summed E-state index contributed by atoms with van der Waals surface area (Å²) in [5.74, 6) is 0. The molecule has 0 aromatic rings. The third-order valence-electron chi connectivity index (χ3n) is 0. The van der Waals surface area contributed by atoms with Gasteiger partial charge in [0.1, 0.15) is 0 Å². The minimum atomic E-state index is -4.89. The zero-order valence-corrected chi connectivity index (χ0v) is 15.6. The summed E-state index contributed by atoms with van der Waals surface area (Å²) in [4.78, 5) is 91.7. The molecule has 0 aliphatic rings. The van der Waals surface area contributed by atoms with Crippen molar-refractivity contribution in [2.75, 3.05) is 0 Å². The Balaban J connectivity index is -0.0000000533. The van der Waals surface area contributed by atoms with Crippen molar-refractivity contribution in [3.05, 3.63) is 0 Å². The van der Waals surface area contributed by atoms with E-state index in [2.05, 4.69) is 0 Å². The standard InChI is InChI=1S/4H3O4P.Sn/c4*1-5(2,3)4;/h4*(H3,1,2,3,4);/q;;;;+4/p-4. The van der Waals surface area contributed by atoms with Gasteiger partial charge < -0.3 is 58.7 Å². The second-order valence-electron chi connectivity index (χ2n) is 1.96. The van der Waals surface area contributed by atoms with Crippen molar-refractivity contribution in [3.8, 4) is 0 Å². The average molecular weight is 507 g/mol. The van der Waals surface area contributed by atoms with E-state index >= 15 is 0 Å². The normalized spacial score (nSPS) is 11.2. The molecular weight excluding hydrogens is 499 g/mol. The van der Waals surface area contributed by atoms with Gasteiger partial charge in [-0.3, -0.25) is 18.3 Å². The van der Waals surface area contributed by atoms with Gasteiger partial charge in [-0.1, -0.05) is 0 Å². The van der Waals surface area contributed by atoms with Crippen molar-refractivity contribution in [2.24, 2.45) is 0 Å². The van der Waals surface area contributed by atoms with Crippen LogP contribution in [0.4, 0.5) is 0 Å². The van der Waals surface area contributed by atoms with Crippen LogP contribution in [-0.4, -0.2) is 63.1 Å². The van der Waals surface area contributed by atoms with Crippen molar-refractivity contribution < 1.29 is 77.0 Å². The van der Waals surface area contributed by atoms with Crippen LogP contribution >= 0.6 is 31.3 Å². The third kappa shape index (κ3) is 5120. The summed E-state index contributed by atoms with van der Waals surface area (Å²) in [6.45, 7) is 0. The maximum atomic E-state index is 8.77. The molecule has 16 nitrogen and oxygen atoms in total. The van der Waals surface area contributed by atoms with E-state index in [0.717, 1.165) is 0 Å². The van der Waals surface area contributed by atoms with E-state index in [-0.39, 0.29) is 23.9 Å². The fraction of sp³-hybridized carbons (Fsp3) is 0. The van der Waals surface area contributed by atoms with Gasteiger partial charge in [-0.25, -0.2) is 0 Å². The van der Waals surface area contributed by atoms with Crippen LogP contribution in [0.3, 0.4) is 0 Å². The molecule has 0 rings (SSSR count). The molecule has 0 radical (unpaired) electrons. The maximum Gasteiger partial charge on any atom is 4.00 e. The predicted octanol–water partition coefficient (Wildman–Crippen LogP) is -6.62. The van der Waals surface area contributed by atoms with Crippen LogP contribution in [0.1, 0.15) is 0 Å². The average Bonchev–Trinajstić information content (AvgIpc) is 1.62.